The quantitative estimate of drug-likeness (QED) is 0.0647. The molecule has 1 atom stereocenters. The van der Waals surface area contributed by atoms with E-state index >= 15 is 0 Å². The number of aliphatic hydroxyl groups excluding tert-OH is 1. The first-order valence-corrected chi connectivity index (χ1v) is 15.4. The highest BCUT2D eigenvalue weighted by Crippen LogP contribution is 2.20. The number of aliphatic hydroxyl groups is 1. The van der Waals surface area contributed by atoms with E-state index in [1.54, 1.807) is 0 Å². The van der Waals surface area contributed by atoms with Crippen LogP contribution in [-0.2, 0) is 14.6 Å². The fraction of sp³-hybridized carbons (Fsp3) is 0.889. The molecule has 1 aliphatic rings. The lowest BCUT2D eigenvalue weighted by atomic mass is 10.1. The van der Waals surface area contributed by atoms with Gasteiger partial charge in [-0.1, -0.05) is 76.9 Å². The van der Waals surface area contributed by atoms with Gasteiger partial charge in [-0.3, -0.25) is 8.67 Å². The van der Waals surface area contributed by atoms with Gasteiger partial charge in [-0.2, -0.15) is 0 Å². The third kappa shape index (κ3) is 19.0. The summed E-state index contributed by atoms with van der Waals surface area (Å²) in [6.45, 7) is 10.1. The summed E-state index contributed by atoms with van der Waals surface area (Å²) in [5.74, 6) is 1.35. The second-order valence-electron chi connectivity index (χ2n) is 9.43. The van der Waals surface area contributed by atoms with E-state index in [9.17, 15) is 18.1 Å². The summed E-state index contributed by atoms with van der Waals surface area (Å²) >= 11 is 0. The van der Waals surface area contributed by atoms with Crippen molar-refractivity contribution in [2.45, 2.75) is 117 Å². The van der Waals surface area contributed by atoms with Crippen molar-refractivity contribution >= 4 is 16.2 Å². The largest absolute Gasteiger partial charge is 0.726 e. The van der Waals surface area contributed by atoms with Crippen LogP contribution in [0.3, 0.4) is 0 Å². The zero-order valence-corrected chi connectivity index (χ0v) is 23.7. The average molecular weight is 519 g/mol. The van der Waals surface area contributed by atoms with Crippen molar-refractivity contribution in [1.82, 2.24) is 0 Å². The molecule has 8 heteroatoms. The first-order valence-electron chi connectivity index (χ1n) is 14.1. The highest BCUT2D eigenvalue weighted by Gasteiger charge is 2.35. The lowest BCUT2D eigenvalue weighted by molar-refractivity contribution is -0.835. The molecule has 208 valence electrons. The van der Waals surface area contributed by atoms with Gasteiger partial charge in [-0.05, 0) is 46.0 Å². The Hall–Kier alpha value is -0.800. The number of allylic oxidation sites excluding steroid dienone is 2. The van der Waals surface area contributed by atoms with Crippen LogP contribution in [-0.4, -0.2) is 67.8 Å². The summed E-state index contributed by atoms with van der Waals surface area (Å²) in [5.41, 5.74) is 0. The van der Waals surface area contributed by atoms with Crippen LogP contribution in [0, 0.1) is 0 Å². The van der Waals surface area contributed by atoms with Crippen molar-refractivity contribution in [2.75, 3.05) is 39.4 Å². The van der Waals surface area contributed by atoms with Gasteiger partial charge in [0.1, 0.15) is 13.1 Å². The van der Waals surface area contributed by atoms with Crippen LogP contribution >= 0.6 is 0 Å². The maximum atomic E-state index is 9.45. The van der Waals surface area contributed by atoms with E-state index in [-0.39, 0.29) is 13.2 Å². The van der Waals surface area contributed by atoms with Crippen LogP contribution in [0.4, 0.5) is 0 Å². The fourth-order valence-corrected chi connectivity index (χ4v) is 4.86. The number of aliphatic imine (C=N–C) groups is 1. The normalized spacial score (nSPS) is 18.0. The third-order valence-electron chi connectivity index (χ3n) is 6.68. The van der Waals surface area contributed by atoms with E-state index in [1.165, 1.54) is 103 Å². The number of rotatable bonds is 21. The van der Waals surface area contributed by atoms with Gasteiger partial charge in [-0.15, -0.1) is 0 Å². The number of amidine groups is 1. The average Bonchev–Trinajstić information content (AvgIpc) is 3.21. The first kappa shape index (κ1) is 34.2. The summed E-state index contributed by atoms with van der Waals surface area (Å²) in [5, 5.41) is 9.38. The van der Waals surface area contributed by atoms with Gasteiger partial charge in [0.25, 0.3) is 0 Å². The number of unbranched alkanes of at least 4 members (excludes halogenated alkanes) is 12. The molecule has 1 rings (SSSR count). The van der Waals surface area contributed by atoms with Crippen LogP contribution in [0.15, 0.2) is 17.1 Å². The number of quaternary nitrogens is 1. The van der Waals surface area contributed by atoms with Crippen LogP contribution in [0.5, 0.6) is 0 Å². The summed E-state index contributed by atoms with van der Waals surface area (Å²) < 4.78 is 33.0. The predicted octanol–water partition coefficient (Wildman–Crippen LogP) is 6.14. The van der Waals surface area contributed by atoms with Gasteiger partial charge in [0.2, 0.25) is 10.4 Å². The van der Waals surface area contributed by atoms with Gasteiger partial charge in [-0.25, -0.2) is 13.4 Å². The van der Waals surface area contributed by atoms with Crippen molar-refractivity contribution in [1.29, 1.82) is 0 Å². The van der Waals surface area contributed by atoms with Crippen molar-refractivity contribution in [3.05, 3.63) is 12.2 Å². The molecule has 1 heterocycles. The van der Waals surface area contributed by atoms with E-state index < -0.39 is 10.4 Å². The topological polar surface area (TPSA) is 99.0 Å². The minimum absolute atomic E-state index is 0.0914. The van der Waals surface area contributed by atoms with Gasteiger partial charge < -0.3 is 9.66 Å². The zero-order chi connectivity index (χ0) is 26.3. The van der Waals surface area contributed by atoms with Crippen LogP contribution in [0.25, 0.3) is 0 Å². The lowest BCUT2D eigenvalue weighted by Crippen LogP contribution is -2.52. The molecule has 0 aromatic heterocycles. The molecule has 0 amide bonds. The molecule has 0 fully saturated rings. The second kappa shape index (κ2) is 22.4. The van der Waals surface area contributed by atoms with Crippen molar-refractivity contribution in [2.24, 2.45) is 4.99 Å². The fourth-order valence-electron chi connectivity index (χ4n) is 4.57. The molecule has 0 bridgehead atoms. The molecule has 1 aliphatic heterocycles. The monoisotopic (exact) mass is 518 g/mol. The van der Waals surface area contributed by atoms with Crippen LogP contribution in [0.2, 0.25) is 0 Å². The van der Waals surface area contributed by atoms with Gasteiger partial charge >= 0.3 is 0 Å². The molecule has 1 unspecified atom stereocenters. The van der Waals surface area contributed by atoms with E-state index in [2.05, 4.69) is 30.2 Å². The summed E-state index contributed by atoms with van der Waals surface area (Å²) in [6.07, 6.45) is 25.0. The van der Waals surface area contributed by atoms with Gasteiger partial charge in [0.05, 0.1) is 26.3 Å². The van der Waals surface area contributed by atoms with Crippen molar-refractivity contribution in [3.8, 4) is 0 Å². The molecule has 0 spiro atoms. The van der Waals surface area contributed by atoms with E-state index in [4.69, 9.17) is 4.99 Å². The Bertz CT molecular complexity index is 652. The summed E-state index contributed by atoms with van der Waals surface area (Å²) in [7, 11) is -4.42. The SMILES string of the molecule is CCCCCCCCC=CCCCCCCCCC1=NCC[N+]1(CC)CCO.CCOS(=O)(=O)[O-]. The second-order valence-corrected chi connectivity index (χ2v) is 10.5. The van der Waals surface area contributed by atoms with E-state index in [0.717, 1.165) is 37.1 Å². The highest BCUT2D eigenvalue weighted by molar-refractivity contribution is 7.80. The highest BCUT2D eigenvalue weighted by atomic mass is 32.3. The lowest BCUT2D eigenvalue weighted by Gasteiger charge is -2.33. The van der Waals surface area contributed by atoms with E-state index in [0.29, 0.717) is 0 Å². The maximum absolute atomic E-state index is 9.45. The van der Waals surface area contributed by atoms with E-state index in [1.807, 2.05) is 0 Å². The number of likely N-dealkylation sites (N-methyl/N-ethyl adjacent to an activating group) is 1. The molecule has 0 radical (unpaired) electrons. The van der Waals surface area contributed by atoms with Crippen LogP contribution < -0.4 is 0 Å². The van der Waals surface area contributed by atoms with Crippen molar-refractivity contribution in [3.63, 3.8) is 0 Å². The molecule has 0 saturated heterocycles. The zero-order valence-electron chi connectivity index (χ0n) is 22.9. The summed E-state index contributed by atoms with van der Waals surface area (Å²) in [4.78, 5) is 4.76. The Morgan fingerprint density at radius 1 is 0.914 bits per heavy atom. The molecule has 0 aliphatic carbocycles. The smallest absolute Gasteiger partial charge is 0.217 e. The predicted molar refractivity (Wildman–Crippen MR) is 145 cm³/mol. The van der Waals surface area contributed by atoms with Gasteiger partial charge in [0, 0.05) is 6.42 Å². The Kier molecular flexibility index (Phi) is 21.9. The first-order chi connectivity index (χ1) is 16.8. The molecule has 0 aromatic rings. The Morgan fingerprint density at radius 2 is 1.46 bits per heavy atom. The number of hydrogen-bond donors (Lipinski definition) is 1. The minimum atomic E-state index is -4.42. The molecule has 0 aromatic carbocycles. The van der Waals surface area contributed by atoms with Crippen LogP contribution in [0.1, 0.15) is 117 Å². The Balaban J connectivity index is 0.00000143. The maximum Gasteiger partial charge on any atom is 0.217 e. The molecule has 0 saturated carbocycles. The molecular weight excluding hydrogens is 464 g/mol. The standard InChI is InChI=1S/C25H49N2O.C2H6O4S/c1-3-5-6-7-8-9-10-11-12-13-14-15-16-17-18-19-20-25-26-21-22-27(25,4-2)23-24-28;1-2-6-7(3,4)5/h11-12,28H,3-10,13-24H2,1-2H3;2H2,1H3,(H,3,4,5)/q+1;/p-1. The number of hydrogen-bond acceptors (Lipinski definition) is 6. The van der Waals surface area contributed by atoms with Gasteiger partial charge in [0.15, 0.2) is 5.84 Å². The molecule has 7 nitrogen and oxygen atoms in total. The molecular formula is C27H54N2O5S. The Morgan fingerprint density at radius 3 is 1.91 bits per heavy atom. The third-order valence-corrected chi connectivity index (χ3v) is 7.20. The van der Waals surface area contributed by atoms with Crippen molar-refractivity contribution < 1.29 is 26.7 Å². The Labute approximate surface area is 216 Å². The molecule has 1 N–H and O–H groups in total. The molecule has 35 heavy (non-hydrogen) atoms. The minimum Gasteiger partial charge on any atom is -0.726 e. The number of nitrogens with zero attached hydrogens (tertiary/aromatic N) is 2. The summed E-state index contributed by atoms with van der Waals surface area (Å²) in [6, 6.07) is 0.